The van der Waals surface area contributed by atoms with Gasteiger partial charge in [-0.1, -0.05) is 26.8 Å². The van der Waals surface area contributed by atoms with Gasteiger partial charge in [0.2, 0.25) is 0 Å². The number of hydrogen-bond donors (Lipinski definition) is 0. The van der Waals surface area contributed by atoms with Crippen LogP contribution in [0.25, 0.3) is 0 Å². The Labute approximate surface area is 105 Å². The molecule has 0 fully saturated rings. The fourth-order valence-corrected chi connectivity index (χ4v) is 1.83. The topological polar surface area (TPSA) is 26.3 Å². The van der Waals surface area contributed by atoms with E-state index in [1.165, 1.54) is 0 Å². The Morgan fingerprint density at radius 3 is 2.50 bits per heavy atom. The molecule has 2 nitrogen and oxygen atoms in total. The van der Waals surface area contributed by atoms with Crippen LogP contribution in [0.4, 0.5) is 0 Å². The fraction of sp³-hybridized carbons (Fsp3) is 0.462. The first-order chi connectivity index (χ1) is 7.33. The Morgan fingerprint density at radius 1 is 1.38 bits per heavy atom. The van der Waals surface area contributed by atoms with Crippen molar-refractivity contribution in [1.29, 1.82) is 0 Å². The van der Waals surface area contributed by atoms with Crippen LogP contribution in [0, 0.1) is 5.41 Å². The lowest BCUT2D eigenvalue weighted by Crippen LogP contribution is -2.13. The highest BCUT2D eigenvalue weighted by molar-refractivity contribution is 9.10. The molecule has 0 aliphatic heterocycles. The standard InChI is InChI=1S/C13H17BrO2/c1-13(2,3)8-11(15)9-5-6-10(14)12(7-9)16-4/h5-7H,8H2,1-4H3. The summed E-state index contributed by atoms with van der Waals surface area (Å²) in [6.45, 7) is 6.17. The highest BCUT2D eigenvalue weighted by atomic mass is 79.9. The molecule has 3 heteroatoms. The number of ether oxygens (including phenoxy) is 1. The third-order valence-electron chi connectivity index (χ3n) is 2.16. The second-order valence-corrected chi connectivity index (χ2v) is 5.86. The van der Waals surface area contributed by atoms with Gasteiger partial charge >= 0.3 is 0 Å². The number of carbonyl (C=O) groups excluding carboxylic acids is 1. The van der Waals surface area contributed by atoms with Crippen LogP contribution in [0.15, 0.2) is 22.7 Å². The molecule has 88 valence electrons. The molecule has 1 aromatic carbocycles. The number of rotatable bonds is 3. The second kappa shape index (κ2) is 5.00. The molecule has 0 bridgehead atoms. The van der Waals surface area contributed by atoms with E-state index in [4.69, 9.17) is 4.74 Å². The summed E-state index contributed by atoms with van der Waals surface area (Å²) in [5, 5.41) is 0. The van der Waals surface area contributed by atoms with Crippen molar-refractivity contribution < 1.29 is 9.53 Å². The van der Waals surface area contributed by atoms with Crippen molar-refractivity contribution in [2.45, 2.75) is 27.2 Å². The number of benzene rings is 1. The van der Waals surface area contributed by atoms with Gasteiger partial charge in [-0.25, -0.2) is 0 Å². The Morgan fingerprint density at radius 2 is 2.00 bits per heavy atom. The maximum Gasteiger partial charge on any atom is 0.163 e. The van der Waals surface area contributed by atoms with Gasteiger partial charge in [-0.05, 0) is 33.5 Å². The predicted octanol–water partition coefficient (Wildman–Crippen LogP) is 4.08. The third-order valence-corrected chi connectivity index (χ3v) is 2.82. The molecular formula is C13H17BrO2. The molecule has 0 radical (unpaired) electrons. The Kier molecular flexibility index (Phi) is 4.14. The lowest BCUT2D eigenvalue weighted by molar-refractivity contribution is 0.0939. The van der Waals surface area contributed by atoms with E-state index in [9.17, 15) is 4.79 Å². The average Bonchev–Trinajstić information content (AvgIpc) is 2.15. The molecule has 1 rings (SSSR count). The van der Waals surface area contributed by atoms with Crippen LogP contribution in [0.3, 0.4) is 0 Å². The first-order valence-electron chi connectivity index (χ1n) is 5.20. The van der Waals surface area contributed by atoms with Crippen molar-refractivity contribution in [3.63, 3.8) is 0 Å². The molecule has 0 aliphatic carbocycles. The number of Topliss-reactive ketones (excluding diaryl/α,β-unsaturated/α-hetero) is 1. The summed E-state index contributed by atoms with van der Waals surface area (Å²) in [4.78, 5) is 12.0. The molecular weight excluding hydrogens is 268 g/mol. The Balaban J connectivity index is 2.93. The monoisotopic (exact) mass is 284 g/mol. The minimum atomic E-state index is 0.0113. The zero-order chi connectivity index (χ0) is 12.3. The van der Waals surface area contributed by atoms with Gasteiger partial charge in [0, 0.05) is 12.0 Å². The normalized spacial score (nSPS) is 11.3. The fourth-order valence-electron chi connectivity index (χ4n) is 1.42. The van der Waals surface area contributed by atoms with Gasteiger partial charge in [0.05, 0.1) is 11.6 Å². The molecule has 0 saturated carbocycles. The number of halogens is 1. The smallest absolute Gasteiger partial charge is 0.163 e. The maximum absolute atomic E-state index is 12.0. The molecule has 0 spiro atoms. The van der Waals surface area contributed by atoms with E-state index in [-0.39, 0.29) is 11.2 Å². The summed E-state index contributed by atoms with van der Waals surface area (Å²) in [6.07, 6.45) is 0.539. The van der Waals surface area contributed by atoms with E-state index in [0.717, 1.165) is 4.47 Å². The lowest BCUT2D eigenvalue weighted by atomic mass is 9.88. The highest BCUT2D eigenvalue weighted by Crippen LogP contribution is 2.28. The zero-order valence-electron chi connectivity index (χ0n) is 10.1. The van der Waals surface area contributed by atoms with Crippen LogP contribution in [-0.4, -0.2) is 12.9 Å². The summed E-state index contributed by atoms with van der Waals surface area (Å²) in [5.74, 6) is 0.845. The average molecular weight is 285 g/mol. The van der Waals surface area contributed by atoms with Crippen LogP contribution in [0.1, 0.15) is 37.6 Å². The quantitative estimate of drug-likeness (QED) is 0.782. The van der Waals surface area contributed by atoms with Gasteiger partial charge in [-0.15, -0.1) is 0 Å². The SMILES string of the molecule is COc1cc(C(=O)CC(C)(C)C)ccc1Br. The summed E-state index contributed by atoms with van der Waals surface area (Å²) in [6, 6.07) is 5.44. The van der Waals surface area contributed by atoms with Gasteiger partial charge in [0.25, 0.3) is 0 Å². The zero-order valence-corrected chi connectivity index (χ0v) is 11.7. The van der Waals surface area contributed by atoms with E-state index in [2.05, 4.69) is 36.7 Å². The maximum atomic E-state index is 12.0. The summed E-state index contributed by atoms with van der Waals surface area (Å²) >= 11 is 3.36. The minimum absolute atomic E-state index is 0.0113. The van der Waals surface area contributed by atoms with E-state index in [1.807, 2.05) is 12.1 Å². The largest absolute Gasteiger partial charge is 0.496 e. The highest BCUT2D eigenvalue weighted by Gasteiger charge is 2.18. The van der Waals surface area contributed by atoms with Crippen molar-refractivity contribution in [3.05, 3.63) is 28.2 Å². The van der Waals surface area contributed by atoms with Crippen molar-refractivity contribution in [3.8, 4) is 5.75 Å². The number of methoxy groups -OCH3 is 1. The minimum Gasteiger partial charge on any atom is -0.496 e. The molecule has 0 amide bonds. The Hall–Kier alpha value is -0.830. The molecule has 1 aromatic rings. The van der Waals surface area contributed by atoms with E-state index < -0.39 is 0 Å². The summed E-state index contributed by atoms with van der Waals surface area (Å²) in [7, 11) is 1.60. The number of ketones is 1. The van der Waals surface area contributed by atoms with Crippen LogP contribution in [-0.2, 0) is 0 Å². The number of hydrogen-bond acceptors (Lipinski definition) is 2. The summed E-state index contributed by atoms with van der Waals surface area (Å²) < 4.78 is 6.03. The van der Waals surface area contributed by atoms with Crippen LogP contribution >= 0.6 is 15.9 Å². The molecule has 0 saturated heterocycles. The first-order valence-corrected chi connectivity index (χ1v) is 5.99. The predicted molar refractivity (Wildman–Crippen MR) is 69.1 cm³/mol. The van der Waals surface area contributed by atoms with E-state index in [0.29, 0.717) is 17.7 Å². The van der Waals surface area contributed by atoms with Crippen molar-refractivity contribution in [2.24, 2.45) is 5.41 Å². The molecule has 0 aliphatic rings. The van der Waals surface area contributed by atoms with E-state index >= 15 is 0 Å². The third kappa shape index (κ3) is 3.63. The van der Waals surface area contributed by atoms with Gasteiger partial charge < -0.3 is 4.74 Å². The van der Waals surface area contributed by atoms with Gasteiger partial charge in [0.1, 0.15) is 5.75 Å². The Bertz CT molecular complexity index is 391. The second-order valence-electron chi connectivity index (χ2n) is 5.01. The molecule has 16 heavy (non-hydrogen) atoms. The van der Waals surface area contributed by atoms with Crippen LogP contribution < -0.4 is 4.74 Å². The van der Waals surface area contributed by atoms with Gasteiger partial charge in [0.15, 0.2) is 5.78 Å². The van der Waals surface area contributed by atoms with Crippen LogP contribution in [0.2, 0.25) is 0 Å². The van der Waals surface area contributed by atoms with Crippen LogP contribution in [0.5, 0.6) is 5.75 Å². The molecule has 0 N–H and O–H groups in total. The van der Waals surface area contributed by atoms with E-state index in [1.54, 1.807) is 13.2 Å². The van der Waals surface area contributed by atoms with Crippen molar-refractivity contribution >= 4 is 21.7 Å². The number of carbonyl (C=O) groups is 1. The first kappa shape index (κ1) is 13.2. The van der Waals surface area contributed by atoms with Crippen molar-refractivity contribution in [2.75, 3.05) is 7.11 Å². The molecule has 0 aromatic heterocycles. The van der Waals surface area contributed by atoms with Gasteiger partial charge in [-0.2, -0.15) is 0 Å². The lowest BCUT2D eigenvalue weighted by Gasteiger charge is -2.17. The molecule has 0 heterocycles. The molecule has 0 atom stereocenters. The van der Waals surface area contributed by atoms with Crippen molar-refractivity contribution in [1.82, 2.24) is 0 Å². The summed E-state index contributed by atoms with van der Waals surface area (Å²) in [5.41, 5.74) is 0.715. The van der Waals surface area contributed by atoms with Gasteiger partial charge in [-0.3, -0.25) is 4.79 Å². The molecule has 0 unspecified atom stereocenters.